The number of halogens is 3. The lowest BCUT2D eigenvalue weighted by atomic mass is 10.1. The summed E-state index contributed by atoms with van der Waals surface area (Å²) in [5.74, 6) is -0.941. The molecule has 13 heteroatoms. The molecule has 4 aromatic rings. The molecule has 0 unspecified atom stereocenters. The minimum Gasteiger partial charge on any atom is -0.496 e. The Morgan fingerprint density at radius 3 is 2.26 bits per heavy atom. The number of methoxy groups -OCH3 is 2. The second-order valence-corrected chi connectivity index (χ2v) is 6.69. The molecule has 0 spiro atoms. The highest BCUT2D eigenvalue weighted by molar-refractivity contribution is 5.92. The number of hydrogen-bond acceptors (Lipinski definition) is 8. The van der Waals surface area contributed by atoms with E-state index in [2.05, 4.69) is 25.3 Å². The van der Waals surface area contributed by atoms with Crippen molar-refractivity contribution in [2.45, 2.75) is 13.1 Å². The molecular weight excluding hydrogens is 459 g/mol. The number of aromatic nitrogens is 4. The molecule has 0 fully saturated rings. The van der Waals surface area contributed by atoms with Crippen LogP contribution >= 0.6 is 0 Å². The number of aliphatic carboxylic acids is 1. The van der Waals surface area contributed by atoms with Crippen molar-refractivity contribution in [1.29, 1.82) is 0 Å². The average molecular weight is 477 g/mol. The monoisotopic (exact) mass is 477 g/mol. The summed E-state index contributed by atoms with van der Waals surface area (Å²) in [7, 11) is 3.17. The van der Waals surface area contributed by atoms with Crippen LogP contribution in [0.25, 0.3) is 21.8 Å². The lowest BCUT2D eigenvalue weighted by Crippen LogP contribution is -2.21. The molecule has 3 N–H and O–H groups in total. The van der Waals surface area contributed by atoms with E-state index in [1.54, 1.807) is 38.5 Å². The molecule has 2 aromatic heterocycles. The summed E-state index contributed by atoms with van der Waals surface area (Å²) >= 11 is 0. The number of aryl methyl sites for hydroxylation is 1. The zero-order valence-electron chi connectivity index (χ0n) is 18.0. The number of carbonyl (C=O) groups is 1. The number of carboxylic acid groups (broad SMARTS) is 1. The van der Waals surface area contributed by atoms with Crippen LogP contribution in [0.1, 0.15) is 5.69 Å². The van der Waals surface area contributed by atoms with Crippen molar-refractivity contribution < 1.29 is 32.5 Å². The third kappa shape index (κ3) is 5.14. The fourth-order valence-corrected chi connectivity index (χ4v) is 3.00. The highest BCUT2D eigenvalue weighted by Crippen LogP contribution is 2.34. The lowest BCUT2D eigenvalue weighted by Gasteiger charge is -2.13. The van der Waals surface area contributed by atoms with E-state index in [0.717, 1.165) is 5.39 Å². The van der Waals surface area contributed by atoms with Crippen LogP contribution in [0.4, 0.5) is 25.1 Å². The molecule has 2 heterocycles. The predicted molar refractivity (Wildman–Crippen MR) is 117 cm³/mol. The Bertz CT molecular complexity index is 1420. The van der Waals surface area contributed by atoms with Crippen LogP contribution in [0.2, 0.25) is 0 Å². The molecule has 178 valence electrons. The van der Waals surface area contributed by atoms with Gasteiger partial charge in [-0.3, -0.25) is 15.1 Å². The van der Waals surface area contributed by atoms with Gasteiger partial charge in [0.25, 0.3) is 5.56 Å². The number of para-hydroxylation sites is 1. The third-order valence-electron chi connectivity index (χ3n) is 4.48. The van der Waals surface area contributed by atoms with E-state index in [-0.39, 0.29) is 11.5 Å². The van der Waals surface area contributed by atoms with Crippen LogP contribution in [0.5, 0.6) is 11.5 Å². The van der Waals surface area contributed by atoms with Gasteiger partial charge < -0.3 is 14.6 Å². The molecule has 34 heavy (non-hydrogen) atoms. The largest absolute Gasteiger partial charge is 0.496 e. The van der Waals surface area contributed by atoms with Crippen LogP contribution in [0.15, 0.2) is 41.2 Å². The van der Waals surface area contributed by atoms with Gasteiger partial charge >= 0.3 is 12.1 Å². The predicted octanol–water partition coefficient (Wildman–Crippen LogP) is 3.57. The maximum atomic E-state index is 12.2. The highest BCUT2D eigenvalue weighted by atomic mass is 19.4. The first-order valence-electron chi connectivity index (χ1n) is 9.50. The van der Waals surface area contributed by atoms with Gasteiger partial charge in [0.2, 0.25) is 11.9 Å². The van der Waals surface area contributed by atoms with Gasteiger partial charge in [-0.05, 0) is 31.2 Å². The number of nitrogens with zero attached hydrogens (tertiary/aromatic N) is 3. The van der Waals surface area contributed by atoms with Crippen molar-refractivity contribution in [2.75, 3.05) is 19.5 Å². The molecule has 0 bridgehead atoms. The minimum atomic E-state index is -5.08. The number of rotatable bonds is 4. The van der Waals surface area contributed by atoms with E-state index in [4.69, 9.17) is 19.4 Å². The number of nitrogens with one attached hydrogen (secondary N) is 2. The zero-order chi connectivity index (χ0) is 25.0. The number of fused-ring (bicyclic) bond motifs is 2. The molecular formula is C21H18F3N5O5. The van der Waals surface area contributed by atoms with E-state index in [1.807, 2.05) is 19.1 Å². The minimum absolute atomic E-state index is 0.236. The molecule has 0 saturated carbocycles. The van der Waals surface area contributed by atoms with Gasteiger partial charge in [0.15, 0.2) is 0 Å². The maximum absolute atomic E-state index is 12.2. The van der Waals surface area contributed by atoms with Gasteiger partial charge in [-0.2, -0.15) is 13.2 Å². The number of aromatic amines is 1. The Morgan fingerprint density at radius 2 is 1.65 bits per heavy atom. The molecule has 0 aliphatic heterocycles. The second kappa shape index (κ2) is 9.60. The molecule has 0 aliphatic carbocycles. The molecule has 0 saturated heterocycles. The topological polar surface area (TPSA) is 139 Å². The van der Waals surface area contributed by atoms with Gasteiger partial charge in [-0.1, -0.05) is 12.1 Å². The smallest absolute Gasteiger partial charge is 0.490 e. The van der Waals surface area contributed by atoms with E-state index in [9.17, 15) is 18.0 Å². The Morgan fingerprint density at radius 1 is 1.03 bits per heavy atom. The van der Waals surface area contributed by atoms with Crippen LogP contribution in [-0.4, -0.2) is 51.4 Å². The normalized spacial score (nSPS) is 11.0. The van der Waals surface area contributed by atoms with Gasteiger partial charge in [0.05, 0.1) is 36.2 Å². The summed E-state index contributed by atoms with van der Waals surface area (Å²) in [5, 5.41) is 11.4. The third-order valence-corrected chi connectivity index (χ3v) is 4.48. The number of carboxylic acids is 1. The lowest BCUT2D eigenvalue weighted by molar-refractivity contribution is -0.192. The zero-order valence-corrected chi connectivity index (χ0v) is 18.0. The van der Waals surface area contributed by atoms with E-state index < -0.39 is 12.1 Å². The van der Waals surface area contributed by atoms with Crippen LogP contribution < -0.4 is 20.3 Å². The summed E-state index contributed by atoms with van der Waals surface area (Å²) < 4.78 is 42.6. The molecule has 0 radical (unpaired) electrons. The van der Waals surface area contributed by atoms with E-state index >= 15 is 0 Å². The van der Waals surface area contributed by atoms with E-state index in [0.29, 0.717) is 39.6 Å². The fraction of sp³-hybridized carbons (Fsp3) is 0.190. The highest BCUT2D eigenvalue weighted by Gasteiger charge is 2.38. The van der Waals surface area contributed by atoms with Gasteiger partial charge in [-0.25, -0.2) is 19.7 Å². The number of benzene rings is 2. The molecule has 0 aliphatic rings. The van der Waals surface area contributed by atoms with Crippen LogP contribution in [0, 0.1) is 6.92 Å². The summed E-state index contributed by atoms with van der Waals surface area (Å²) in [6.45, 7) is 1.85. The SMILES string of the molecule is COc1ccc(OC)c2c(C)nc(Nc3nc4ccccc4c(=O)[nH]3)nc12.O=C(O)C(F)(F)F. The Hall–Kier alpha value is -4.42. The average Bonchev–Trinajstić information content (AvgIpc) is 2.78. The maximum Gasteiger partial charge on any atom is 0.490 e. The Kier molecular flexibility index (Phi) is 6.84. The first kappa shape index (κ1) is 24.2. The summed E-state index contributed by atoms with van der Waals surface area (Å²) in [5.41, 5.74) is 1.66. The number of ether oxygens (including phenoxy) is 2. The molecule has 0 atom stereocenters. The summed E-state index contributed by atoms with van der Waals surface area (Å²) in [6.07, 6.45) is -5.08. The fourth-order valence-electron chi connectivity index (χ4n) is 3.00. The van der Waals surface area contributed by atoms with Crippen molar-refractivity contribution in [3.8, 4) is 11.5 Å². The van der Waals surface area contributed by atoms with Gasteiger partial charge in [0.1, 0.15) is 17.0 Å². The Labute approximate surface area is 189 Å². The quantitative estimate of drug-likeness (QED) is 0.402. The molecule has 0 amide bonds. The summed E-state index contributed by atoms with van der Waals surface area (Å²) in [6, 6.07) is 10.7. The van der Waals surface area contributed by atoms with Crippen molar-refractivity contribution >= 4 is 39.7 Å². The first-order chi connectivity index (χ1) is 16.0. The standard InChI is InChI=1S/C19H17N5O3.C2HF3O2/c1-10-15-13(26-2)8-9-14(27-3)16(15)22-18(20-10)24-19-21-12-7-5-4-6-11(12)17(25)23-19;3-2(4,5)1(6)7/h4-9H,1-3H3,(H2,20,21,22,23,24,25);(H,6,7). The van der Waals surface area contributed by atoms with Crippen LogP contribution in [0.3, 0.4) is 0 Å². The van der Waals surface area contributed by atoms with Crippen molar-refractivity contribution in [1.82, 2.24) is 19.9 Å². The number of alkyl halides is 3. The van der Waals surface area contributed by atoms with Crippen LogP contribution in [-0.2, 0) is 4.79 Å². The Balaban J connectivity index is 0.000000406. The van der Waals surface area contributed by atoms with Crippen molar-refractivity contribution in [3.63, 3.8) is 0 Å². The second-order valence-electron chi connectivity index (χ2n) is 6.69. The van der Waals surface area contributed by atoms with Gasteiger partial charge in [-0.15, -0.1) is 0 Å². The summed E-state index contributed by atoms with van der Waals surface area (Å²) in [4.78, 5) is 37.3. The first-order valence-corrected chi connectivity index (χ1v) is 9.50. The molecule has 10 nitrogen and oxygen atoms in total. The van der Waals surface area contributed by atoms with Gasteiger partial charge in [0, 0.05) is 0 Å². The van der Waals surface area contributed by atoms with Crippen molar-refractivity contribution in [3.05, 3.63) is 52.4 Å². The molecule has 2 aromatic carbocycles. The number of anilines is 2. The number of hydrogen-bond donors (Lipinski definition) is 3. The van der Waals surface area contributed by atoms with Crippen molar-refractivity contribution in [2.24, 2.45) is 0 Å². The van der Waals surface area contributed by atoms with E-state index in [1.165, 1.54) is 0 Å². The number of H-pyrrole nitrogens is 1. The molecule has 4 rings (SSSR count).